The number of hydrazine groups is 1. The number of amides is 3. The van der Waals surface area contributed by atoms with Gasteiger partial charge in [-0.15, -0.1) is 0 Å². The van der Waals surface area contributed by atoms with Gasteiger partial charge < -0.3 is 20.1 Å². The molecule has 14 heteroatoms. The van der Waals surface area contributed by atoms with Gasteiger partial charge in [0.15, 0.2) is 0 Å². The molecule has 55 heavy (non-hydrogen) atoms. The van der Waals surface area contributed by atoms with Gasteiger partial charge in [-0.25, -0.2) is 23.2 Å². The first kappa shape index (κ1) is 41.7. The molecular formula is C41H56N6O7S. The number of phenolic OH excluding ortho intramolecular Hbond substituents is 1. The molecule has 0 aliphatic carbocycles. The third-order valence-electron chi connectivity index (χ3n) is 10.1. The van der Waals surface area contributed by atoms with E-state index in [0.29, 0.717) is 45.8 Å². The summed E-state index contributed by atoms with van der Waals surface area (Å²) in [5.41, 5.74) is 3.58. The van der Waals surface area contributed by atoms with Gasteiger partial charge >= 0.3 is 6.09 Å². The molecule has 13 nitrogen and oxygen atoms in total. The van der Waals surface area contributed by atoms with Gasteiger partial charge in [0.2, 0.25) is 21.8 Å². The molecule has 2 saturated heterocycles. The zero-order valence-corrected chi connectivity index (χ0v) is 32.8. The predicted molar refractivity (Wildman–Crippen MR) is 214 cm³/mol. The second-order valence-electron chi connectivity index (χ2n) is 14.0. The van der Waals surface area contributed by atoms with Crippen molar-refractivity contribution < 1.29 is 32.6 Å². The molecule has 3 aromatic carbocycles. The number of benzene rings is 3. The minimum Gasteiger partial charge on any atom is -0.508 e. The van der Waals surface area contributed by atoms with Crippen molar-refractivity contribution in [2.24, 2.45) is 0 Å². The standard InChI is InChI=1S/C41H56N6O7S/c1-2-55(52,53)46-29-27-43(28-30-46)33-40(50)44(32-34-18-20-36(48)21-19-34)24-11-4-10-23-42-39(49)22-31-54-41(51)47(45-25-12-5-13-26-45)38-17-9-8-16-37(38)35-14-6-3-7-15-35/h3,6-9,14-21,48H,2,4-5,10-13,22-33H2,1H3,(H,42,49). The maximum atomic E-state index is 13.6. The predicted octanol–water partition coefficient (Wildman–Crippen LogP) is 5.08. The van der Waals surface area contributed by atoms with Crippen LogP contribution in [0.25, 0.3) is 11.1 Å². The fourth-order valence-corrected chi connectivity index (χ4v) is 8.01. The minimum absolute atomic E-state index is 0.0369. The van der Waals surface area contributed by atoms with Crippen molar-refractivity contribution in [3.05, 3.63) is 84.4 Å². The number of carbonyl (C=O) groups is 3. The summed E-state index contributed by atoms with van der Waals surface area (Å²) in [4.78, 5) is 43.6. The molecular weight excluding hydrogens is 721 g/mol. The number of anilines is 1. The maximum absolute atomic E-state index is 13.6. The molecule has 3 aromatic rings. The van der Waals surface area contributed by atoms with Crippen LogP contribution in [0, 0.1) is 0 Å². The highest BCUT2D eigenvalue weighted by atomic mass is 32.2. The smallest absolute Gasteiger partial charge is 0.429 e. The van der Waals surface area contributed by atoms with Crippen molar-refractivity contribution in [2.45, 2.75) is 58.4 Å². The monoisotopic (exact) mass is 776 g/mol. The van der Waals surface area contributed by atoms with Crippen LogP contribution in [0.1, 0.15) is 57.4 Å². The number of ether oxygens (including phenoxy) is 1. The lowest BCUT2D eigenvalue weighted by Crippen LogP contribution is -2.51. The zero-order valence-electron chi connectivity index (χ0n) is 32.0. The number of nitrogens with zero attached hydrogens (tertiary/aromatic N) is 5. The second kappa shape index (κ2) is 21.0. The van der Waals surface area contributed by atoms with Crippen molar-refractivity contribution in [3.8, 4) is 16.9 Å². The van der Waals surface area contributed by atoms with E-state index < -0.39 is 16.1 Å². The molecule has 5 rings (SSSR count). The van der Waals surface area contributed by atoms with Gasteiger partial charge in [-0.05, 0) is 68.4 Å². The number of carbonyl (C=O) groups excluding carboxylic acids is 3. The molecule has 0 bridgehead atoms. The third-order valence-corrected chi connectivity index (χ3v) is 12.0. The lowest BCUT2D eigenvalue weighted by Gasteiger charge is -2.37. The van der Waals surface area contributed by atoms with E-state index in [1.54, 1.807) is 41.1 Å². The fraction of sp³-hybridized carbons (Fsp3) is 0.488. The van der Waals surface area contributed by atoms with Crippen LogP contribution in [0.3, 0.4) is 0 Å². The molecule has 0 radical (unpaired) electrons. The second-order valence-corrected chi connectivity index (χ2v) is 16.3. The number of nitrogens with one attached hydrogen (secondary N) is 1. The number of unbranched alkanes of at least 4 members (excludes halogenated alkanes) is 2. The Morgan fingerprint density at radius 3 is 2.22 bits per heavy atom. The van der Waals surface area contributed by atoms with Gasteiger partial charge in [0.05, 0.1) is 24.4 Å². The summed E-state index contributed by atoms with van der Waals surface area (Å²) < 4.78 is 31.7. The summed E-state index contributed by atoms with van der Waals surface area (Å²) in [6.45, 7) is 6.40. The van der Waals surface area contributed by atoms with E-state index in [1.807, 2.05) is 64.5 Å². The van der Waals surface area contributed by atoms with Crippen LogP contribution in [0.5, 0.6) is 5.75 Å². The van der Waals surface area contributed by atoms with Gasteiger partial charge in [0.25, 0.3) is 0 Å². The Balaban J connectivity index is 1.06. The summed E-state index contributed by atoms with van der Waals surface area (Å²) in [5, 5.41) is 16.3. The number of sulfonamides is 1. The number of phenols is 1. The fourth-order valence-electron chi connectivity index (χ4n) is 6.93. The number of piperazine rings is 1. The van der Waals surface area contributed by atoms with Crippen LogP contribution in [-0.2, 0) is 30.9 Å². The molecule has 3 amide bonds. The van der Waals surface area contributed by atoms with Crippen molar-refractivity contribution in [1.82, 2.24) is 24.4 Å². The van der Waals surface area contributed by atoms with Crippen molar-refractivity contribution in [3.63, 3.8) is 0 Å². The topological polar surface area (TPSA) is 143 Å². The Kier molecular flexibility index (Phi) is 15.9. The van der Waals surface area contributed by atoms with Gasteiger partial charge in [0, 0.05) is 64.5 Å². The lowest BCUT2D eigenvalue weighted by molar-refractivity contribution is -0.133. The van der Waals surface area contributed by atoms with E-state index in [0.717, 1.165) is 74.0 Å². The maximum Gasteiger partial charge on any atom is 0.429 e. The van der Waals surface area contributed by atoms with Crippen LogP contribution >= 0.6 is 0 Å². The average molecular weight is 777 g/mol. The molecule has 2 heterocycles. The molecule has 0 aromatic heterocycles. The normalized spacial score (nSPS) is 15.7. The van der Waals surface area contributed by atoms with Crippen LogP contribution < -0.4 is 10.3 Å². The molecule has 2 aliphatic rings. The van der Waals surface area contributed by atoms with E-state index in [9.17, 15) is 27.9 Å². The Bertz CT molecular complexity index is 1780. The third kappa shape index (κ3) is 12.5. The first-order valence-corrected chi connectivity index (χ1v) is 21.1. The molecule has 2 aliphatic heterocycles. The highest BCUT2D eigenvalue weighted by Crippen LogP contribution is 2.33. The molecule has 0 atom stereocenters. The van der Waals surface area contributed by atoms with E-state index in [4.69, 9.17) is 4.74 Å². The number of piperidine rings is 1. The SMILES string of the molecule is CCS(=O)(=O)N1CCN(CC(=O)N(CCCCCNC(=O)CCOC(=O)N(c2ccccc2-c2ccccc2)N2CCCCC2)Cc2ccc(O)cc2)CC1. The highest BCUT2D eigenvalue weighted by Gasteiger charge is 2.29. The molecule has 298 valence electrons. The van der Waals surface area contributed by atoms with E-state index in [-0.39, 0.29) is 42.9 Å². The van der Waals surface area contributed by atoms with Crippen molar-refractivity contribution in [2.75, 3.05) is 76.3 Å². The highest BCUT2D eigenvalue weighted by molar-refractivity contribution is 7.89. The Morgan fingerprint density at radius 2 is 1.51 bits per heavy atom. The van der Waals surface area contributed by atoms with Crippen LogP contribution in [0.4, 0.5) is 10.5 Å². The largest absolute Gasteiger partial charge is 0.508 e. The number of rotatable bonds is 18. The van der Waals surface area contributed by atoms with Gasteiger partial charge in [-0.3, -0.25) is 14.5 Å². The minimum atomic E-state index is -3.25. The summed E-state index contributed by atoms with van der Waals surface area (Å²) in [6.07, 6.45) is 4.87. The first-order chi connectivity index (χ1) is 26.6. The number of aromatic hydroxyl groups is 1. The lowest BCUT2D eigenvalue weighted by atomic mass is 10.0. The van der Waals surface area contributed by atoms with Gasteiger partial charge in [-0.1, -0.05) is 67.1 Å². The van der Waals surface area contributed by atoms with Gasteiger partial charge in [-0.2, -0.15) is 4.31 Å². The number of hydrogen-bond donors (Lipinski definition) is 2. The number of hydrogen-bond acceptors (Lipinski definition) is 9. The summed E-state index contributed by atoms with van der Waals surface area (Å²) >= 11 is 0. The molecule has 0 saturated carbocycles. The van der Waals surface area contributed by atoms with E-state index >= 15 is 0 Å². The summed E-state index contributed by atoms with van der Waals surface area (Å²) in [6, 6.07) is 24.6. The summed E-state index contributed by atoms with van der Waals surface area (Å²) in [5.74, 6) is -0.0106. The Morgan fingerprint density at radius 1 is 0.818 bits per heavy atom. The number of para-hydroxylation sites is 1. The van der Waals surface area contributed by atoms with Crippen LogP contribution in [-0.4, -0.2) is 122 Å². The van der Waals surface area contributed by atoms with Crippen molar-refractivity contribution >= 4 is 33.6 Å². The molecule has 0 unspecified atom stereocenters. The van der Waals surface area contributed by atoms with E-state index in [2.05, 4.69) is 5.32 Å². The molecule has 2 fully saturated rings. The molecule has 0 spiro atoms. The van der Waals surface area contributed by atoms with Crippen LogP contribution in [0.2, 0.25) is 0 Å². The first-order valence-electron chi connectivity index (χ1n) is 19.5. The van der Waals surface area contributed by atoms with Crippen LogP contribution in [0.15, 0.2) is 78.9 Å². The molecule has 2 N–H and O–H groups in total. The van der Waals surface area contributed by atoms with E-state index in [1.165, 1.54) is 4.31 Å². The Labute approximate surface area is 325 Å². The zero-order chi connectivity index (χ0) is 39.0. The van der Waals surface area contributed by atoms with Crippen molar-refractivity contribution in [1.29, 1.82) is 0 Å². The van der Waals surface area contributed by atoms with Gasteiger partial charge in [0.1, 0.15) is 12.4 Å². The Hall–Kier alpha value is -4.50. The summed E-state index contributed by atoms with van der Waals surface area (Å²) in [7, 11) is -3.25. The quantitative estimate of drug-likeness (QED) is 0.169. The average Bonchev–Trinajstić information content (AvgIpc) is 3.20.